The molecule has 2 amide bonds. The van der Waals surface area contributed by atoms with Crippen molar-refractivity contribution in [1.82, 2.24) is 10.2 Å². The Bertz CT molecular complexity index is 473. The summed E-state index contributed by atoms with van der Waals surface area (Å²) in [6, 6.07) is -0.493. The Morgan fingerprint density at radius 2 is 1.95 bits per heavy atom. The topological polar surface area (TPSA) is 124 Å². The monoisotopic (exact) mass is 308 g/mol. The first kappa shape index (κ1) is 16.7. The van der Waals surface area contributed by atoms with Crippen molar-refractivity contribution in [2.24, 2.45) is 0 Å². The molecule has 1 heterocycles. The van der Waals surface area contributed by atoms with Gasteiger partial charge in [0.15, 0.2) is 9.84 Å². The van der Waals surface area contributed by atoms with E-state index >= 15 is 0 Å². The Hall–Kier alpha value is -1.35. The van der Waals surface area contributed by atoms with E-state index in [0.29, 0.717) is 13.0 Å². The first-order valence-corrected chi connectivity index (χ1v) is 8.11. The third kappa shape index (κ3) is 5.74. The highest BCUT2D eigenvalue weighted by molar-refractivity contribution is 7.91. The summed E-state index contributed by atoms with van der Waals surface area (Å²) >= 11 is 0. The molecule has 1 atom stereocenters. The smallest absolute Gasteiger partial charge is 0.317 e. The van der Waals surface area contributed by atoms with Crippen LogP contribution in [0.25, 0.3) is 0 Å². The van der Waals surface area contributed by atoms with Gasteiger partial charge in [-0.25, -0.2) is 13.2 Å². The van der Waals surface area contributed by atoms with Crippen LogP contribution in [0.3, 0.4) is 0 Å². The number of hydrogen-bond acceptors (Lipinski definition) is 5. The summed E-state index contributed by atoms with van der Waals surface area (Å²) < 4.78 is 22.8. The molecule has 0 aromatic heterocycles. The van der Waals surface area contributed by atoms with Crippen LogP contribution in [0.2, 0.25) is 0 Å². The van der Waals surface area contributed by atoms with Crippen molar-refractivity contribution in [1.29, 1.82) is 0 Å². The van der Waals surface area contributed by atoms with E-state index in [1.165, 1.54) is 11.8 Å². The summed E-state index contributed by atoms with van der Waals surface area (Å²) in [5.41, 5.74) is -1.54. The molecule has 8 nitrogen and oxygen atoms in total. The van der Waals surface area contributed by atoms with E-state index in [4.69, 9.17) is 5.11 Å². The van der Waals surface area contributed by atoms with Crippen LogP contribution < -0.4 is 5.32 Å². The van der Waals surface area contributed by atoms with E-state index in [-0.39, 0.29) is 24.6 Å². The van der Waals surface area contributed by atoms with Crippen LogP contribution in [0.15, 0.2) is 0 Å². The standard InChI is InChI=1S/C11H20N2O6S/c1-11(17,7-9(14)15)8-12-10(16)13-3-2-5-20(18,19)6-4-13/h17H,2-8H2,1H3,(H,12,16)(H,14,15). The van der Waals surface area contributed by atoms with Crippen molar-refractivity contribution in [3.8, 4) is 0 Å². The molecule has 0 bridgehead atoms. The number of hydrogen-bond donors (Lipinski definition) is 3. The fraction of sp³-hybridized carbons (Fsp3) is 0.818. The Morgan fingerprint density at radius 1 is 1.30 bits per heavy atom. The van der Waals surface area contributed by atoms with Gasteiger partial charge < -0.3 is 20.4 Å². The molecule has 3 N–H and O–H groups in total. The molecular formula is C11H20N2O6S. The van der Waals surface area contributed by atoms with Gasteiger partial charge in [0.1, 0.15) is 0 Å². The molecule has 1 fully saturated rings. The lowest BCUT2D eigenvalue weighted by Gasteiger charge is -2.25. The number of carbonyl (C=O) groups is 2. The molecule has 1 rings (SSSR count). The number of aliphatic carboxylic acids is 1. The molecule has 0 aliphatic carbocycles. The number of aliphatic hydroxyl groups is 1. The van der Waals surface area contributed by atoms with Crippen molar-refractivity contribution in [3.05, 3.63) is 0 Å². The highest BCUT2D eigenvalue weighted by Crippen LogP contribution is 2.09. The van der Waals surface area contributed by atoms with E-state index in [1.54, 1.807) is 0 Å². The number of carbonyl (C=O) groups excluding carboxylic acids is 1. The van der Waals surface area contributed by atoms with Crippen molar-refractivity contribution < 1.29 is 28.2 Å². The molecule has 0 radical (unpaired) electrons. The third-order valence-corrected chi connectivity index (χ3v) is 4.71. The van der Waals surface area contributed by atoms with Gasteiger partial charge in [-0.3, -0.25) is 4.79 Å². The second-order valence-corrected chi connectivity index (χ2v) is 7.52. The number of amides is 2. The van der Waals surface area contributed by atoms with E-state index in [0.717, 1.165) is 0 Å². The molecule has 1 saturated heterocycles. The Morgan fingerprint density at radius 3 is 2.55 bits per heavy atom. The average molecular weight is 308 g/mol. The number of carboxylic acid groups (broad SMARTS) is 1. The highest BCUT2D eigenvalue weighted by Gasteiger charge is 2.27. The van der Waals surface area contributed by atoms with Gasteiger partial charge in [0.2, 0.25) is 0 Å². The Labute approximate surface area is 117 Å². The van der Waals surface area contributed by atoms with E-state index in [1.807, 2.05) is 0 Å². The summed E-state index contributed by atoms with van der Waals surface area (Å²) in [5, 5.41) is 20.8. The number of nitrogens with one attached hydrogen (secondary N) is 1. The Kier molecular flexibility index (Phi) is 5.35. The van der Waals surface area contributed by atoms with Gasteiger partial charge in [-0.15, -0.1) is 0 Å². The fourth-order valence-electron chi connectivity index (χ4n) is 1.91. The van der Waals surface area contributed by atoms with Gasteiger partial charge in [-0.1, -0.05) is 0 Å². The summed E-state index contributed by atoms with van der Waals surface area (Å²) in [5.74, 6) is -1.18. The van der Waals surface area contributed by atoms with Crippen LogP contribution in [-0.4, -0.2) is 72.3 Å². The first-order valence-electron chi connectivity index (χ1n) is 6.29. The quantitative estimate of drug-likeness (QED) is 0.614. The molecule has 1 aliphatic heterocycles. The maximum absolute atomic E-state index is 11.9. The van der Waals surface area contributed by atoms with Gasteiger partial charge >= 0.3 is 12.0 Å². The summed E-state index contributed by atoms with van der Waals surface area (Å²) in [6.07, 6.45) is -0.108. The molecule has 0 aromatic rings. The summed E-state index contributed by atoms with van der Waals surface area (Å²) in [4.78, 5) is 23.7. The van der Waals surface area contributed by atoms with Crippen LogP contribution in [-0.2, 0) is 14.6 Å². The zero-order valence-electron chi connectivity index (χ0n) is 11.3. The number of urea groups is 1. The molecule has 0 spiro atoms. The van der Waals surface area contributed by atoms with Gasteiger partial charge in [-0.2, -0.15) is 0 Å². The van der Waals surface area contributed by atoms with E-state index in [2.05, 4.69) is 5.32 Å². The maximum Gasteiger partial charge on any atom is 0.317 e. The zero-order chi connectivity index (χ0) is 15.4. The minimum Gasteiger partial charge on any atom is -0.481 e. The second-order valence-electron chi connectivity index (χ2n) is 5.22. The number of carboxylic acids is 1. The summed E-state index contributed by atoms with van der Waals surface area (Å²) in [7, 11) is -3.09. The van der Waals surface area contributed by atoms with Crippen molar-refractivity contribution >= 4 is 21.8 Å². The van der Waals surface area contributed by atoms with Crippen molar-refractivity contribution in [2.75, 3.05) is 31.1 Å². The highest BCUT2D eigenvalue weighted by atomic mass is 32.2. The second kappa shape index (κ2) is 6.40. The van der Waals surface area contributed by atoms with Crippen LogP contribution >= 0.6 is 0 Å². The van der Waals surface area contributed by atoms with Crippen molar-refractivity contribution in [3.63, 3.8) is 0 Å². The lowest BCUT2D eigenvalue weighted by molar-refractivity contribution is -0.141. The van der Waals surface area contributed by atoms with Gasteiger partial charge in [-0.05, 0) is 13.3 Å². The first-order chi connectivity index (χ1) is 9.11. The molecular weight excluding hydrogens is 288 g/mol. The molecule has 1 unspecified atom stereocenters. The van der Waals surface area contributed by atoms with Gasteiger partial charge in [0.25, 0.3) is 0 Å². The third-order valence-electron chi connectivity index (χ3n) is 3.00. The van der Waals surface area contributed by atoms with Crippen LogP contribution in [0.1, 0.15) is 19.8 Å². The van der Waals surface area contributed by atoms with E-state index in [9.17, 15) is 23.1 Å². The lowest BCUT2D eigenvalue weighted by Crippen LogP contribution is -2.48. The molecule has 116 valence electrons. The summed E-state index contributed by atoms with van der Waals surface area (Å²) in [6.45, 7) is 1.54. The van der Waals surface area contributed by atoms with Gasteiger partial charge in [0, 0.05) is 19.6 Å². The van der Waals surface area contributed by atoms with E-state index < -0.39 is 33.9 Å². The minimum absolute atomic E-state index is 0.0630. The number of sulfone groups is 1. The maximum atomic E-state index is 11.9. The molecule has 9 heteroatoms. The molecule has 0 aromatic carbocycles. The van der Waals surface area contributed by atoms with Crippen LogP contribution in [0, 0.1) is 0 Å². The lowest BCUT2D eigenvalue weighted by atomic mass is 10.0. The van der Waals surface area contributed by atoms with Crippen molar-refractivity contribution in [2.45, 2.75) is 25.4 Å². The molecule has 1 aliphatic rings. The normalized spacial score (nSPS) is 21.6. The predicted octanol–water partition coefficient (Wildman–Crippen LogP) is -0.958. The average Bonchev–Trinajstić information content (AvgIpc) is 2.45. The zero-order valence-corrected chi connectivity index (χ0v) is 12.1. The van der Waals surface area contributed by atoms with Gasteiger partial charge in [0.05, 0.1) is 23.5 Å². The number of rotatable bonds is 4. The predicted molar refractivity (Wildman–Crippen MR) is 71.1 cm³/mol. The largest absolute Gasteiger partial charge is 0.481 e. The minimum atomic E-state index is -3.09. The van der Waals surface area contributed by atoms with Crippen LogP contribution in [0.5, 0.6) is 0 Å². The SMILES string of the molecule is CC(O)(CNC(=O)N1CCCS(=O)(=O)CC1)CC(=O)O. The molecule has 20 heavy (non-hydrogen) atoms. The molecule has 0 saturated carbocycles. The number of nitrogens with zero attached hydrogens (tertiary/aromatic N) is 1. The Balaban J connectivity index is 2.49. The van der Waals surface area contributed by atoms with Crippen LogP contribution in [0.4, 0.5) is 4.79 Å². The fourth-order valence-corrected chi connectivity index (χ4v) is 3.18.